The van der Waals surface area contributed by atoms with E-state index in [0.29, 0.717) is 12.5 Å². The Morgan fingerprint density at radius 3 is 2.11 bits per heavy atom. The third-order valence-electron chi connectivity index (χ3n) is 4.65. The standard InChI is InChI=1S/C15H25NO3/c1-10(2)16(13-7-4-8-13)14(17)11-5-3-6-12(9-11)15(18)19/h10-13H,3-9H2,1-2H3,(H,18,19). The summed E-state index contributed by atoms with van der Waals surface area (Å²) in [7, 11) is 0. The molecule has 0 aromatic heterocycles. The molecule has 0 aliphatic heterocycles. The SMILES string of the molecule is CC(C)N(C(=O)C1CCCC(C(=O)O)C1)C1CCC1. The topological polar surface area (TPSA) is 57.6 Å². The Balaban J connectivity index is 2.02. The predicted octanol–water partition coefficient (Wildman–Crippen LogP) is 2.67. The fourth-order valence-corrected chi connectivity index (χ4v) is 3.37. The summed E-state index contributed by atoms with van der Waals surface area (Å²) in [5.74, 6) is -0.932. The Hall–Kier alpha value is -1.06. The van der Waals surface area contributed by atoms with E-state index in [0.717, 1.165) is 32.1 Å². The lowest BCUT2D eigenvalue weighted by atomic mass is 9.79. The molecule has 0 bridgehead atoms. The minimum Gasteiger partial charge on any atom is -0.481 e. The third-order valence-corrected chi connectivity index (χ3v) is 4.65. The van der Waals surface area contributed by atoms with Crippen molar-refractivity contribution >= 4 is 11.9 Å². The normalized spacial score (nSPS) is 27.9. The van der Waals surface area contributed by atoms with Crippen LogP contribution in [0.1, 0.15) is 58.8 Å². The van der Waals surface area contributed by atoms with Crippen molar-refractivity contribution in [3.8, 4) is 0 Å². The van der Waals surface area contributed by atoms with Crippen molar-refractivity contribution < 1.29 is 14.7 Å². The van der Waals surface area contributed by atoms with E-state index in [4.69, 9.17) is 5.11 Å². The van der Waals surface area contributed by atoms with Crippen molar-refractivity contribution in [3.05, 3.63) is 0 Å². The Kier molecular flexibility index (Phi) is 4.48. The molecule has 2 fully saturated rings. The fraction of sp³-hybridized carbons (Fsp3) is 0.867. The van der Waals surface area contributed by atoms with Gasteiger partial charge in [0.2, 0.25) is 5.91 Å². The van der Waals surface area contributed by atoms with Gasteiger partial charge in [0, 0.05) is 18.0 Å². The van der Waals surface area contributed by atoms with E-state index < -0.39 is 5.97 Å². The molecule has 108 valence electrons. The number of carbonyl (C=O) groups excluding carboxylic acids is 1. The number of nitrogens with zero attached hydrogens (tertiary/aromatic N) is 1. The first-order valence-corrected chi connectivity index (χ1v) is 7.55. The number of aliphatic carboxylic acids is 1. The van der Waals surface area contributed by atoms with Gasteiger partial charge in [-0.3, -0.25) is 9.59 Å². The molecular weight excluding hydrogens is 242 g/mol. The van der Waals surface area contributed by atoms with Gasteiger partial charge in [-0.25, -0.2) is 0 Å². The minimum atomic E-state index is -0.739. The number of hydrogen-bond acceptors (Lipinski definition) is 2. The maximum atomic E-state index is 12.7. The van der Waals surface area contributed by atoms with Gasteiger partial charge in [0.15, 0.2) is 0 Å². The number of carboxylic acids is 1. The summed E-state index contributed by atoms with van der Waals surface area (Å²) >= 11 is 0. The van der Waals surface area contributed by atoms with Crippen LogP contribution < -0.4 is 0 Å². The maximum absolute atomic E-state index is 12.7. The van der Waals surface area contributed by atoms with Crippen LogP contribution in [0.3, 0.4) is 0 Å². The highest BCUT2D eigenvalue weighted by atomic mass is 16.4. The van der Waals surface area contributed by atoms with E-state index in [9.17, 15) is 9.59 Å². The van der Waals surface area contributed by atoms with E-state index >= 15 is 0 Å². The molecule has 4 heteroatoms. The summed E-state index contributed by atoms with van der Waals surface area (Å²) in [6, 6.07) is 0.626. The highest BCUT2D eigenvalue weighted by Gasteiger charge is 2.37. The second kappa shape index (κ2) is 5.93. The molecule has 0 heterocycles. The smallest absolute Gasteiger partial charge is 0.306 e. The molecule has 4 nitrogen and oxygen atoms in total. The number of carbonyl (C=O) groups is 2. The molecule has 0 radical (unpaired) electrons. The van der Waals surface area contributed by atoms with Crippen LogP contribution in [0, 0.1) is 11.8 Å². The van der Waals surface area contributed by atoms with Crippen LogP contribution in [0.5, 0.6) is 0 Å². The van der Waals surface area contributed by atoms with E-state index in [2.05, 4.69) is 13.8 Å². The van der Waals surface area contributed by atoms with Crippen LogP contribution >= 0.6 is 0 Å². The Bertz CT molecular complexity index is 349. The van der Waals surface area contributed by atoms with E-state index in [1.54, 1.807) is 0 Å². The summed E-state index contributed by atoms with van der Waals surface area (Å²) in [6.07, 6.45) is 6.42. The number of rotatable bonds is 4. The molecule has 1 amide bonds. The van der Waals surface area contributed by atoms with Gasteiger partial charge in [0.1, 0.15) is 0 Å². The average Bonchev–Trinajstić information content (AvgIpc) is 2.32. The van der Waals surface area contributed by atoms with E-state index in [1.165, 1.54) is 6.42 Å². The summed E-state index contributed by atoms with van der Waals surface area (Å²) in [5.41, 5.74) is 0. The second-order valence-corrected chi connectivity index (χ2v) is 6.32. The van der Waals surface area contributed by atoms with E-state index in [-0.39, 0.29) is 23.8 Å². The van der Waals surface area contributed by atoms with Crippen molar-refractivity contribution in [1.82, 2.24) is 4.90 Å². The molecule has 1 N–H and O–H groups in total. The first-order chi connectivity index (χ1) is 9.00. The van der Waals surface area contributed by atoms with Crippen LogP contribution in [-0.4, -0.2) is 34.0 Å². The largest absolute Gasteiger partial charge is 0.481 e. The zero-order chi connectivity index (χ0) is 14.0. The summed E-state index contributed by atoms with van der Waals surface area (Å²) < 4.78 is 0. The molecule has 0 spiro atoms. The molecule has 2 saturated carbocycles. The zero-order valence-electron chi connectivity index (χ0n) is 12.0. The lowest BCUT2D eigenvalue weighted by Crippen LogP contribution is -2.51. The fourth-order valence-electron chi connectivity index (χ4n) is 3.37. The van der Waals surface area contributed by atoms with Crippen LogP contribution in [0.25, 0.3) is 0 Å². The van der Waals surface area contributed by atoms with Crippen LogP contribution in [0.4, 0.5) is 0 Å². The van der Waals surface area contributed by atoms with Crippen LogP contribution in [0.15, 0.2) is 0 Å². The van der Waals surface area contributed by atoms with Gasteiger partial charge in [-0.2, -0.15) is 0 Å². The van der Waals surface area contributed by atoms with Crippen LogP contribution in [-0.2, 0) is 9.59 Å². The summed E-state index contributed by atoms with van der Waals surface area (Å²) in [4.78, 5) is 25.8. The molecule has 0 saturated heterocycles. The van der Waals surface area contributed by atoms with Gasteiger partial charge < -0.3 is 10.0 Å². The molecule has 0 aromatic rings. The van der Waals surface area contributed by atoms with Gasteiger partial charge in [0.05, 0.1) is 5.92 Å². The van der Waals surface area contributed by atoms with Gasteiger partial charge >= 0.3 is 5.97 Å². The Morgan fingerprint density at radius 2 is 1.63 bits per heavy atom. The maximum Gasteiger partial charge on any atom is 0.306 e. The zero-order valence-corrected chi connectivity index (χ0v) is 12.0. The third kappa shape index (κ3) is 3.10. The molecule has 0 aromatic carbocycles. The second-order valence-electron chi connectivity index (χ2n) is 6.32. The van der Waals surface area contributed by atoms with Gasteiger partial charge in [-0.05, 0) is 52.4 Å². The first-order valence-electron chi connectivity index (χ1n) is 7.55. The lowest BCUT2D eigenvalue weighted by molar-refractivity contribution is -0.147. The van der Waals surface area contributed by atoms with Crippen molar-refractivity contribution in [1.29, 1.82) is 0 Å². The molecule has 2 aliphatic carbocycles. The number of hydrogen-bond donors (Lipinski definition) is 1. The van der Waals surface area contributed by atoms with E-state index in [1.807, 2.05) is 4.90 Å². The van der Waals surface area contributed by atoms with Crippen molar-refractivity contribution in [3.63, 3.8) is 0 Å². The molecule has 2 rings (SSSR count). The van der Waals surface area contributed by atoms with Crippen molar-refractivity contribution in [2.45, 2.75) is 70.9 Å². The number of carboxylic acid groups (broad SMARTS) is 1. The van der Waals surface area contributed by atoms with Gasteiger partial charge in [-0.15, -0.1) is 0 Å². The quantitative estimate of drug-likeness (QED) is 0.852. The highest BCUT2D eigenvalue weighted by molar-refractivity contribution is 5.81. The highest BCUT2D eigenvalue weighted by Crippen LogP contribution is 2.34. The average molecular weight is 267 g/mol. The Morgan fingerprint density at radius 1 is 1.05 bits per heavy atom. The van der Waals surface area contributed by atoms with Crippen molar-refractivity contribution in [2.75, 3.05) is 0 Å². The van der Waals surface area contributed by atoms with Crippen molar-refractivity contribution in [2.24, 2.45) is 11.8 Å². The summed E-state index contributed by atoms with van der Waals surface area (Å²) in [6.45, 7) is 4.13. The molecular formula is C15H25NO3. The van der Waals surface area contributed by atoms with Gasteiger partial charge in [-0.1, -0.05) is 6.42 Å². The van der Waals surface area contributed by atoms with Gasteiger partial charge in [0.25, 0.3) is 0 Å². The predicted molar refractivity (Wildman–Crippen MR) is 72.7 cm³/mol. The summed E-state index contributed by atoms with van der Waals surface area (Å²) in [5, 5.41) is 9.13. The monoisotopic (exact) mass is 267 g/mol. The van der Waals surface area contributed by atoms with Crippen LogP contribution in [0.2, 0.25) is 0 Å². The molecule has 2 aliphatic rings. The lowest BCUT2D eigenvalue weighted by Gasteiger charge is -2.43. The first kappa shape index (κ1) is 14.4. The minimum absolute atomic E-state index is 0.0714. The molecule has 2 atom stereocenters. The molecule has 2 unspecified atom stereocenters. The molecule has 19 heavy (non-hydrogen) atoms. The number of amides is 1. The Labute approximate surface area is 115 Å².